The number of nitrogens with one attached hydrogen (secondary N) is 1. The normalized spacial score (nSPS) is 11.9. The molecule has 0 saturated heterocycles. The Morgan fingerprint density at radius 2 is 1.67 bits per heavy atom. The average molecular weight is 421 g/mol. The Morgan fingerprint density at radius 1 is 0.933 bits per heavy atom. The van der Waals surface area contributed by atoms with Crippen molar-refractivity contribution in [2.45, 2.75) is 23.6 Å². The van der Waals surface area contributed by atoms with E-state index in [4.69, 9.17) is 9.47 Å². The zero-order chi connectivity index (χ0) is 21.3. The van der Waals surface area contributed by atoms with Crippen molar-refractivity contribution in [1.29, 1.82) is 0 Å². The first-order chi connectivity index (χ1) is 14.6. The average Bonchev–Trinajstić information content (AvgIpc) is 2.76. The Morgan fingerprint density at radius 3 is 2.33 bits per heavy atom. The molecule has 1 N–H and O–H groups in total. The quantitative estimate of drug-likeness (QED) is 0.408. The third-order valence-electron chi connectivity index (χ3n) is 4.04. The third-order valence-corrected chi connectivity index (χ3v) is 5.01. The van der Waals surface area contributed by atoms with Gasteiger partial charge in [-0.15, -0.1) is 0 Å². The van der Waals surface area contributed by atoms with Gasteiger partial charge in [0.1, 0.15) is 17.3 Å². The molecule has 30 heavy (non-hydrogen) atoms. The highest BCUT2D eigenvalue weighted by Crippen LogP contribution is 2.36. The minimum atomic E-state index is 0.492. The molecule has 0 saturated carbocycles. The SMILES string of the molecule is CN=C(C)N/C(C)=N/c1ncc(Sc2ccc(OC)cc2)cc1Oc1ccccc1. The highest BCUT2D eigenvalue weighted by molar-refractivity contribution is 7.99. The predicted octanol–water partition coefficient (Wildman–Crippen LogP) is 5.72. The van der Waals surface area contributed by atoms with Crippen molar-refractivity contribution in [3.8, 4) is 17.2 Å². The maximum absolute atomic E-state index is 6.10. The lowest BCUT2D eigenvalue weighted by molar-refractivity contribution is 0.414. The van der Waals surface area contributed by atoms with Crippen LogP contribution in [0.1, 0.15) is 13.8 Å². The van der Waals surface area contributed by atoms with Gasteiger partial charge in [-0.25, -0.2) is 9.98 Å². The Bertz CT molecular complexity index is 1030. The Hall–Kier alpha value is -3.32. The van der Waals surface area contributed by atoms with E-state index in [1.54, 1.807) is 32.1 Å². The van der Waals surface area contributed by atoms with Gasteiger partial charge in [-0.1, -0.05) is 30.0 Å². The summed E-state index contributed by atoms with van der Waals surface area (Å²) in [5.74, 6) is 4.06. The highest BCUT2D eigenvalue weighted by atomic mass is 32.2. The lowest BCUT2D eigenvalue weighted by Crippen LogP contribution is -2.25. The minimum absolute atomic E-state index is 0.492. The number of hydrogen-bond acceptors (Lipinski definition) is 6. The number of methoxy groups -OCH3 is 1. The molecule has 0 aliphatic rings. The fourth-order valence-corrected chi connectivity index (χ4v) is 3.35. The fourth-order valence-electron chi connectivity index (χ4n) is 2.53. The number of aliphatic imine (C=N–C) groups is 2. The van der Waals surface area contributed by atoms with Gasteiger partial charge in [-0.3, -0.25) is 4.99 Å². The highest BCUT2D eigenvalue weighted by Gasteiger charge is 2.10. The summed E-state index contributed by atoms with van der Waals surface area (Å²) in [6, 6.07) is 19.4. The van der Waals surface area contributed by atoms with Gasteiger partial charge in [0, 0.05) is 29.1 Å². The minimum Gasteiger partial charge on any atom is -0.497 e. The van der Waals surface area contributed by atoms with Crippen LogP contribution in [0.2, 0.25) is 0 Å². The van der Waals surface area contributed by atoms with Crippen molar-refractivity contribution in [3.05, 3.63) is 66.9 Å². The summed E-state index contributed by atoms with van der Waals surface area (Å²) in [7, 11) is 3.38. The van der Waals surface area contributed by atoms with Gasteiger partial charge >= 0.3 is 0 Å². The van der Waals surface area contributed by atoms with Crippen LogP contribution < -0.4 is 14.8 Å². The van der Waals surface area contributed by atoms with Crippen LogP contribution in [0, 0.1) is 0 Å². The monoisotopic (exact) mass is 420 g/mol. The molecule has 0 fully saturated rings. The second-order valence-corrected chi connectivity index (χ2v) is 7.46. The number of para-hydroxylation sites is 1. The maximum Gasteiger partial charge on any atom is 0.197 e. The van der Waals surface area contributed by atoms with Gasteiger partial charge in [0.15, 0.2) is 11.6 Å². The van der Waals surface area contributed by atoms with Crippen LogP contribution in [0.3, 0.4) is 0 Å². The van der Waals surface area contributed by atoms with Gasteiger partial charge in [-0.05, 0) is 50.2 Å². The van der Waals surface area contributed by atoms with E-state index in [0.29, 0.717) is 17.4 Å². The molecule has 1 heterocycles. The van der Waals surface area contributed by atoms with Gasteiger partial charge < -0.3 is 14.8 Å². The smallest absolute Gasteiger partial charge is 0.197 e. The molecular weight excluding hydrogens is 396 g/mol. The number of ether oxygens (including phenoxy) is 2. The van der Waals surface area contributed by atoms with Crippen LogP contribution in [0.5, 0.6) is 17.2 Å². The molecule has 0 unspecified atom stereocenters. The van der Waals surface area contributed by atoms with E-state index < -0.39 is 0 Å². The first kappa shape index (κ1) is 21.4. The summed E-state index contributed by atoms with van der Waals surface area (Å²) >= 11 is 1.59. The van der Waals surface area contributed by atoms with E-state index in [0.717, 1.165) is 27.1 Å². The number of nitrogens with zero attached hydrogens (tertiary/aromatic N) is 3. The van der Waals surface area contributed by atoms with Crippen LogP contribution in [0.4, 0.5) is 5.82 Å². The molecular formula is C23H24N4O2S. The Labute approximate surface area is 181 Å². The van der Waals surface area contributed by atoms with Crippen LogP contribution in [-0.4, -0.2) is 30.8 Å². The molecule has 0 aliphatic carbocycles. The molecule has 0 amide bonds. The first-order valence-electron chi connectivity index (χ1n) is 9.38. The molecule has 0 bridgehead atoms. The van der Waals surface area contributed by atoms with Crippen LogP contribution in [0.15, 0.2) is 86.6 Å². The molecule has 0 radical (unpaired) electrons. The zero-order valence-corrected chi connectivity index (χ0v) is 18.2. The van der Waals surface area contributed by atoms with E-state index in [2.05, 4.69) is 20.3 Å². The van der Waals surface area contributed by atoms with Crippen molar-refractivity contribution in [2.24, 2.45) is 9.98 Å². The topological polar surface area (TPSA) is 68.1 Å². The molecule has 7 heteroatoms. The molecule has 6 nitrogen and oxygen atoms in total. The maximum atomic E-state index is 6.10. The summed E-state index contributed by atoms with van der Waals surface area (Å²) in [6.07, 6.45) is 1.79. The third kappa shape index (κ3) is 6.09. The number of pyridine rings is 1. The Kier molecular flexibility index (Phi) is 7.45. The summed E-state index contributed by atoms with van der Waals surface area (Å²) in [4.78, 5) is 15.2. The molecule has 154 valence electrons. The fraction of sp³-hybridized carbons (Fsp3) is 0.174. The van der Waals surface area contributed by atoms with Crippen molar-refractivity contribution in [3.63, 3.8) is 0 Å². The molecule has 0 atom stereocenters. The van der Waals surface area contributed by atoms with Crippen LogP contribution >= 0.6 is 11.8 Å². The predicted molar refractivity (Wildman–Crippen MR) is 123 cm³/mol. The summed E-state index contributed by atoms with van der Waals surface area (Å²) in [5, 5.41) is 3.12. The zero-order valence-electron chi connectivity index (χ0n) is 17.4. The number of rotatable bonds is 6. The number of amidine groups is 2. The van der Waals surface area contributed by atoms with Gasteiger partial charge in [0.05, 0.1) is 12.9 Å². The summed E-state index contributed by atoms with van der Waals surface area (Å²) in [5.41, 5.74) is 0. The molecule has 2 aromatic carbocycles. The van der Waals surface area contributed by atoms with Crippen molar-refractivity contribution in [1.82, 2.24) is 10.3 Å². The van der Waals surface area contributed by atoms with E-state index in [1.807, 2.05) is 74.5 Å². The van der Waals surface area contributed by atoms with Gasteiger partial charge in [0.2, 0.25) is 0 Å². The number of hydrogen-bond donors (Lipinski definition) is 1. The van der Waals surface area contributed by atoms with Crippen LogP contribution in [0.25, 0.3) is 0 Å². The number of aromatic nitrogens is 1. The number of benzene rings is 2. The molecule has 3 rings (SSSR count). The van der Waals surface area contributed by atoms with Gasteiger partial charge in [0.25, 0.3) is 0 Å². The summed E-state index contributed by atoms with van der Waals surface area (Å²) < 4.78 is 11.3. The van der Waals surface area contributed by atoms with Gasteiger partial charge in [-0.2, -0.15) is 0 Å². The van der Waals surface area contributed by atoms with Crippen molar-refractivity contribution >= 4 is 29.3 Å². The van der Waals surface area contributed by atoms with E-state index >= 15 is 0 Å². The largest absolute Gasteiger partial charge is 0.497 e. The van der Waals surface area contributed by atoms with Crippen molar-refractivity contribution < 1.29 is 9.47 Å². The lowest BCUT2D eigenvalue weighted by atomic mass is 10.3. The second kappa shape index (κ2) is 10.5. The van der Waals surface area contributed by atoms with E-state index in [1.165, 1.54) is 0 Å². The molecule has 0 spiro atoms. The summed E-state index contributed by atoms with van der Waals surface area (Å²) in [6.45, 7) is 3.74. The molecule has 1 aromatic heterocycles. The molecule has 3 aromatic rings. The lowest BCUT2D eigenvalue weighted by Gasteiger charge is -2.11. The second-order valence-electron chi connectivity index (χ2n) is 6.32. The molecule has 0 aliphatic heterocycles. The standard InChI is InChI=1S/C23H24N4O2S/c1-16(24-3)26-17(2)27-23-22(29-19-8-6-5-7-9-19)14-21(15-25-23)30-20-12-10-18(28-4)11-13-20/h5-15H,1-4H3,(H,24,25,26,27). The van der Waals surface area contributed by atoms with E-state index in [-0.39, 0.29) is 0 Å². The first-order valence-corrected chi connectivity index (χ1v) is 10.2. The van der Waals surface area contributed by atoms with E-state index in [9.17, 15) is 0 Å². The van der Waals surface area contributed by atoms with Crippen molar-refractivity contribution in [2.75, 3.05) is 14.2 Å². The Balaban J connectivity index is 1.90. The van der Waals surface area contributed by atoms with Crippen LogP contribution in [-0.2, 0) is 0 Å².